The van der Waals surface area contributed by atoms with Crippen LogP contribution in [0.25, 0.3) is 0 Å². The first-order valence-corrected chi connectivity index (χ1v) is 7.26. The summed E-state index contributed by atoms with van der Waals surface area (Å²) < 4.78 is 51.1. The Morgan fingerprint density at radius 1 is 1.05 bits per heavy atom. The van der Waals surface area contributed by atoms with Gasteiger partial charge in [0.2, 0.25) is 0 Å². The maximum atomic E-state index is 13.4. The topological polar surface area (TPSA) is 0 Å². The molecule has 0 radical (unpaired) electrons. The molecule has 0 aliphatic rings. The Morgan fingerprint density at radius 2 is 1.67 bits per heavy atom. The molecule has 0 N–H and O–H groups in total. The lowest BCUT2D eigenvalue weighted by atomic mass is 10.0. The van der Waals surface area contributed by atoms with Crippen molar-refractivity contribution in [2.75, 3.05) is 0 Å². The van der Waals surface area contributed by atoms with E-state index in [9.17, 15) is 17.6 Å². The molecule has 21 heavy (non-hydrogen) atoms. The molecule has 1 atom stereocenters. The molecular weight excluding hydrogens is 372 g/mol. The van der Waals surface area contributed by atoms with Gasteiger partial charge in [0.25, 0.3) is 0 Å². The van der Waals surface area contributed by atoms with Crippen molar-refractivity contribution in [3.05, 3.63) is 69.4 Å². The molecule has 2 rings (SSSR count). The van der Waals surface area contributed by atoms with Gasteiger partial charge in [-0.15, -0.1) is 11.6 Å². The van der Waals surface area contributed by atoms with E-state index in [2.05, 4.69) is 15.9 Å². The zero-order valence-electron chi connectivity index (χ0n) is 10.6. The lowest BCUT2D eigenvalue weighted by Gasteiger charge is -2.13. The van der Waals surface area contributed by atoms with Crippen LogP contribution in [-0.4, -0.2) is 0 Å². The lowest BCUT2D eigenvalue weighted by Crippen LogP contribution is -2.05. The molecule has 112 valence electrons. The van der Waals surface area contributed by atoms with Gasteiger partial charge in [0.1, 0.15) is 5.82 Å². The normalized spacial score (nSPS) is 13.2. The molecule has 0 bridgehead atoms. The lowest BCUT2D eigenvalue weighted by molar-refractivity contribution is -0.137. The molecule has 0 aliphatic heterocycles. The Balaban J connectivity index is 2.16. The zero-order chi connectivity index (χ0) is 15.6. The van der Waals surface area contributed by atoms with Gasteiger partial charge in [-0.25, -0.2) is 4.39 Å². The van der Waals surface area contributed by atoms with Gasteiger partial charge in [0.15, 0.2) is 0 Å². The van der Waals surface area contributed by atoms with Gasteiger partial charge < -0.3 is 0 Å². The monoisotopic (exact) mass is 380 g/mol. The highest BCUT2D eigenvalue weighted by molar-refractivity contribution is 9.10. The van der Waals surface area contributed by atoms with E-state index in [1.165, 1.54) is 24.3 Å². The number of hydrogen-bond donors (Lipinski definition) is 0. The van der Waals surface area contributed by atoms with Crippen LogP contribution in [0.15, 0.2) is 46.9 Å². The maximum absolute atomic E-state index is 13.4. The summed E-state index contributed by atoms with van der Waals surface area (Å²) in [7, 11) is 0. The summed E-state index contributed by atoms with van der Waals surface area (Å²) in [6.07, 6.45) is -4.05. The average molecular weight is 382 g/mol. The molecule has 0 saturated carbocycles. The van der Waals surface area contributed by atoms with Crippen LogP contribution in [0, 0.1) is 5.82 Å². The SMILES string of the molecule is Fc1cccc(C(Cl)Cc2ccc(C(F)(F)F)cc2)c1Br. The van der Waals surface area contributed by atoms with Crippen LogP contribution >= 0.6 is 27.5 Å². The Morgan fingerprint density at radius 3 is 2.24 bits per heavy atom. The summed E-state index contributed by atoms with van der Waals surface area (Å²) in [6.45, 7) is 0. The Hall–Kier alpha value is -1.07. The fraction of sp³-hybridized carbons (Fsp3) is 0.200. The van der Waals surface area contributed by atoms with Crippen molar-refractivity contribution in [3.63, 3.8) is 0 Å². The van der Waals surface area contributed by atoms with Crippen molar-refractivity contribution in [3.8, 4) is 0 Å². The molecule has 2 aromatic carbocycles. The van der Waals surface area contributed by atoms with E-state index in [-0.39, 0.29) is 4.47 Å². The first-order valence-electron chi connectivity index (χ1n) is 6.03. The van der Waals surface area contributed by atoms with Crippen molar-refractivity contribution >= 4 is 27.5 Å². The second kappa shape index (κ2) is 6.36. The standard InChI is InChI=1S/C15H10BrClF4/c16-14-11(2-1-3-13(14)18)12(17)8-9-4-6-10(7-5-9)15(19,20)21/h1-7,12H,8H2. The van der Waals surface area contributed by atoms with E-state index in [0.29, 0.717) is 17.5 Å². The Labute approximate surface area is 132 Å². The first-order chi connectivity index (χ1) is 9.79. The van der Waals surface area contributed by atoms with Crippen molar-refractivity contribution in [1.82, 2.24) is 0 Å². The van der Waals surface area contributed by atoms with E-state index in [0.717, 1.165) is 12.1 Å². The molecule has 0 saturated heterocycles. The summed E-state index contributed by atoms with van der Waals surface area (Å²) in [6, 6.07) is 9.30. The minimum Gasteiger partial charge on any atom is -0.206 e. The molecule has 0 heterocycles. The molecule has 1 unspecified atom stereocenters. The summed E-state index contributed by atoms with van der Waals surface area (Å²) in [4.78, 5) is 0. The quantitative estimate of drug-likeness (QED) is 0.443. The highest BCUT2D eigenvalue weighted by Gasteiger charge is 2.30. The largest absolute Gasteiger partial charge is 0.416 e. The van der Waals surface area contributed by atoms with Gasteiger partial charge in [-0.3, -0.25) is 0 Å². The molecule has 0 aromatic heterocycles. The van der Waals surface area contributed by atoms with E-state index >= 15 is 0 Å². The van der Waals surface area contributed by atoms with Crippen LogP contribution in [0.5, 0.6) is 0 Å². The molecule has 0 fully saturated rings. The van der Waals surface area contributed by atoms with E-state index in [4.69, 9.17) is 11.6 Å². The Kier molecular flexibility index (Phi) is 4.94. The van der Waals surface area contributed by atoms with E-state index < -0.39 is 22.9 Å². The number of halogens is 6. The molecule has 0 amide bonds. The summed E-state index contributed by atoms with van der Waals surface area (Å²) >= 11 is 9.35. The van der Waals surface area contributed by atoms with Gasteiger partial charge in [-0.1, -0.05) is 24.3 Å². The zero-order valence-corrected chi connectivity index (χ0v) is 12.9. The van der Waals surface area contributed by atoms with E-state index in [1.807, 2.05) is 0 Å². The second-order valence-electron chi connectivity index (χ2n) is 4.51. The molecule has 2 aromatic rings. The summed E-state index contributed by atoms with van der Waals surface area (Å²) in [5.74, 6) is -0.425. The van der Waals surface area contributed by atoms with Crippen LogP contribution < -0.4 is 0 Å². The van der Waals surface area contributed by atoms with Gasteiger partial charge in [-0.2, -0.15) is 13.2 Å². The van der Waals surface area contributed by atoms with Crippen LogP contribution in [-0.2, 0) is 12.6 Å². The number of hydrogen-bond acceptors (Lipinski definition) is 0. The first kappa shape index (κ1) is 16.3. The second-order valence-corrected chi connectivity index (χ2v) is 5.83. The van der Waals surface area contributed by atoms with Gasteiger partial charge in [0.05, 0.1) is 15.4 Å². The highest BCUT2D eigenvalue weighted by atomic mass is 79.9. The van der Waals surface area contributed by atoms with Crippen molar-refractivity contribution < 1.29 is 17.6 Å². The Bertz CT molecular complexity index is 623. The van der Waals surface area contributed by atoms with Crippen LogP contribution in [0.4, 0.5) is 17.6 Å². The predicted molar refractivity (Wildman–Crippen MR) is 77.8 cm³/mol. The predicted octanol–water partition coefficient (Wildman–Crippen LogP) is 6.13. The average Bonchev–Trinajstić information content (AvgIpc) is 2.41. The molecule has 0 aliphatic carbocycles. The van der Waals surface area contributed by atoms with Crippen molar-refractivity contribution in [2.24, 2.45) is 0 Å². The smallest absolute Gasteiger partial charge is 0.206 e. The van der Waals surface area contributed by atoms with Crippen LogP contribution in [0.1, 0.15) is 22.1 Å². The van der Waals surface area contributed by atoms with Gasteiger partial charge >= 0.3 is 6.18 Å². The number of benzene rings is 2. The van der Waals surface area contributed by atoms with Crippen LogP contribution in [0.3, 0.4) is 0 Å². The molecule has 6 heteroatoms. The highest BCUT2D eigenvalue weighted by Crippen LogP contribution is 2.33. The van der Waals surface area contributed by atoms with Gasteiger partial charge in [0, 0.05) is 0 Å². The number of rotatable bonds is 3. The fourth-order valence-electron chi connectivity index (χ4n) is 1.91. The summed E-state index contributed by atoms with van der Waals surface area (Å²) in [5.41, 5.74) is 0.514. The third-order valence-electron chi connectivity index (χ3n) is 3.02. The summed E-state index contributed by atoms with van der Waals surface area (Å²) in [5, 5.41) is -0.535. The fourth-order valence-corrected chi connectivity index (χ4v) is 2.94. The van der Waals surface area contributed by atoms with Crippen molar-refractivity contribution in [2.45, 2.75) is 18.0 Å². The molecular formula is C15H10BrClF4. The minimum atomic E-state index is -4.36. The molecule has 0 nitrogen and oxygen atoms in total. The minimum absolute atomic E-state index is 0.275. The molecule has 0 spiro atoms. The van der Waals surface area contributed by atoms with E-state index in [1.54, 1.807) is 6.07 Å². The van der Waals surface area contributed by atoms with Crippen LogP contribution in [0.2, 0.25) is 0 Å². The number of alkyl halides is 4. The third kappa shape index (κ3) is 3.98. The third-order valence-corrected chi connectivity index (χ3v) is 4.24. The van der Waals surface area contributed by atoms with Crippen molar-refractivity contribution in [1.29, 1.82) is 0 Å². The maximum Gasteiger partial charge on any atom is 0.416 e. The van der Waals surface area contributed by atoms with Gasteiger partial charge in [-0.05, 0) is 51.7 Å².